The van der Waals surface area contributed by atoms with Crippen molar-refractivity contribution in [2.24, 2.45) is 5.84 Å². The Morgan fingerprint density at radius 3 is 2.81 bits per heavy atom. The van der Waals surface area contributed by atoms with Gasteiger partial charge in [-0.2, -0.15) is 0 Å². The van der Waals surface area contributed by atoms with Crippen LogP contribution in [-0.2, 0) is 0 Å². The van der Waals surface area contributed by atoms with Crippen LogP contribution in [0, 0.1) is 5.82 Å². The lowest BCUT2D eigenvalue weighted by Gasteiger charge is -2.19. The first-order valence-electron chi connectivity index (χ1n) is 6.44. The van der Waals surface area contributed by atoms with Crippen molar-refractivity contribution < 1.29 is 4.39 Å². The normalized spacial score (nSPS) is 12.5. The molecule has 0 saturated heterocycles. The summed E-state index contributed by atoms with van der Waals surface area (Å²) >= 11 is 3.31. The summed E-state index contributed by atoms with van der Waals surface area (Å²) in [5.74, 6) is 5.42. The van der Waals surface area contributed by atoms with Crippen molar-refractivity contribution in [3.63, 3.8) is 0 Å². The van der Waals surface area contributed by atoms with Crippen molar-refractivity contribution in [3.05, 3.63) is 76.3 Å². The summed E-state index contributed by atoms with van der Waals surface area (Å²) in [4.78, 5) is 4.12. The number of fused-ring (bicyclic) bond motifs is 1. The average molecular weight is 346 g/mol. The molecule has 3 N–H and O–H groups in total. The lowest BCUT2D eigenvalue weighted by Crippen LogP contribution is -2.29. The molecule has 3 aromatic rings. The number of hydrogen-bond donors (Lipinski definition) is 2. The summed E-state index contributed by atoms with van der Waals surface area (Å²) in [7, 11) is 0. The van der Waals surface area contributed by atoms with Crippen LogP contribution in [0.4, 0.5) is 4.39 Å². The van der Waals surface area contributed by atoms with E-state index in [1.54, 1.807) is 12.4 Å². The van der Waals surface area contributed by atoms with Crippen molar-refractivity contribution in [2.45, 2.75) is 6.04 Å². The molecule has 106 valence electrons. The summed E-state index contributed by atoms with van der Waals surface area (Å²) in [6.45, 7) is 0. The van der Waals surface area contributed by atoms with E-state index in [1.165, 1.54) is 12.1 Å². The Morgan fingerprint density at radius 1 is 1.19 bits per heavy atom. The molecule has 0 aliphatic heterocycles. The summed E-state index contributed by atoms with van der Waals surface area (Å²) in [6, 6.07) is 12.3. The topological polar surface area (TPSA) is 50.9 Å². The molecule has 0 saturated carbocycles. The molecular formula is C16H13BrFN3. The van der Waals surface area contributed by atoms with Crippen LogP contribution in [0.5, 0.6) is 0 Å². The van der Waals surface area contributed by atoms with E-state index in [4.69, 9.17) is 5.84 Å². The molecule has 0 radical (unpaired) electrons. The maximum atomic E-state index is 13.6. The van der Waals surface area contributed by atoms with Gasteiger partial charge in [-0.3, -0.25) is 10.8 Å². The molecule has 21 heavy (non-hydrogen) atoms. The maximum absolute atomic E-state index is 13.6. The van der Waals surface area contributed by atoms with Gasteiger partial charge in [0.15, 0.2) is 0 Å². The van der Waals surface area contributed by atoms with Gasteiger partial charge < -0.3 is 0 Å². The fourth-order valence-corrected chi connectivity index (χ4v) is 2.99. The van der Waals surface area contributed by atoms with E-state index in [0.717, 1.165) is 21.9 Å². The molecular weight excluding hydrogens is 333 g/mol. The minimum absolute atomic E-state index is 0.303. The van der Waals surface area contributed by atoms with Crippen molar-refractivity contribution in [1.82, 2.24) is 10.4 Å². The fourth-order valence-electron chi connectivity index (χ4n) is 2.51. The number of nitrogens with zero attached hydrogens (tertiary/aromatic N) is 1. The number of benzene rings is 2. The summed E-state index contributed by atoms with van der Waals surface area (Å²) in [5, 5.41) is 2.06. The molecule has 5 heteroatoms. The van der Waals surface area contributed by atoms with E-state index in [2.05, 4.69) is 26.3 Å². The second-order valence-electron chi connectivity index (χ2n) is 4.75. The van der Waals surface area contributed by atoms with E-state index in [9.17, 15) is 4.39 Å². The van der Waals surface area contributed by atoms with Gasteiger partial charge >= 0.3 is 0 Å². The highest BCUT2D eigenvalue weighted by molar-refractivity contribution is 9.10. The predicted molar refractivity (Wildman–Crippen MR) is 85.0 cm³/mol. The summed E-state index contributed by atoms with van der Waals surface area (Å²) < 4.78 is 14.3. The number of hydrazine groups is 1. The first-order chi connectivity index (χ1) is 10.2. The number of nitrogens with two attached hydrogens (primary N) is 1. The second kappa shape index (κ2) is 5.89. The van der Waals surface area contributed by atoms with E-state index in [-0.39, 0.29) is 11.9 Å². The van der Waals surface area contributed by atoms with Crippen LogP contribution < -0.4 is 11.3 Å². The van der Waals surface area contributed by atoms with Gasteiger partial charge in [0.1, 0.15) is 5.82 Å². The first-order valence-corrected chi connectivity index (χ1v) is 7.23. The van der Waals surface area contributed by atoms with Crippen LogP contribution in [0.15, 0.2) is 59.3 Å². The molecule has 2 aromatic carbocycles. The number of halogens is 2. The second-order valence-corrected chi connectivity index (χ2v) is 5.66. The molecule has 1 heterocycles. The minimum atomic E-state index is -0.304. The molecule has 3 rings (SSSR count). The average Bonchev–Trinajstić information content (AvgIpc) is 2.47. The SMILES string of the molecule is NNC(c1cc(F)cc(Br)c1)c1cccc2cnccc12. The van der Waals surface area contributed by atoms with Crippen molar-refractivity contribution in [3.8, 4) is 0 Å². The molecule has 3 nitrogen and oxygen atoms in total. The Hall–Kier alpha value is -1.82. The lowest BCUT2D eigenvalue weighted by atomic mass is 9.95. The number of nitrogens with one attached hydrogen (secondary N) is 1. The van der Waals surface area contributed by atoms with Crippen molar-refractivity contribution in [1.29, 1.82) is 0 Å². The van der Waals surface area contributed by atoms with Gasteiger partial charge in [0, 0.05) is 22.3 Å². The van der Waals surface area contributed by atoms with E-state index in [1.807, 2.05) is 30.3 Å². The number of pyridine rings is 1. The standard InChI is InChI=1S/C16H13BrFN3/c17-12-6-11(7-13(18)8-12)16(21-19)15-3-1-2-10-9-20-5-4-14(10)15/h1-9,16,21H,19H2. The van der Waals surface area contributed by atoms with Gasteiger partial charge in [-0.15, -0.1) is 0 Å². The Bertz CT molecular complexity index is 766. The Kier molecular flexibility index (Phi) is 3.96. The quantitative estimate of drug-likeness (QED) is 0.562. The lowest BCUT2D eigenvalue weighted by molar-refractivity contribution is 0.606. The first kappa shape index (κ1) is 14.1. The molecule has 0 spiro atoms. The maximum Gasteiger partial charge on any atom is 0.124 e. The molecule has 0 bridgehead atoms. The van der Waals surface area contributed by atoms with E-state index in [0.29, 0.717) is 4.47 Å². The Balaban J connectivity index is 2.18. The van der Waals surface area contributed by atoms with E-state index < -0.39 is 0 Å². The van der Waals surface area contributed by atoms with Gasteiger partial charge in [0.2, 0.25) is 0 Å². The zero-order valence-electron chi connectivity index (χ0n) is 11.1. The van der Waals surface area contributed by atoms with Crippen LogP contribution >= 0.6 is 15.9 Å². The number of hydrogen-bond acceptors (Lipinski definition) is 3. The van der Waals surface area contributed by atoms with Crippen LogP contribution in [0.2, 0.25) is 0 Å². The fraction of sp³-hybridized carbons (Fsp3) is 0.0625. The zero-order valence-corrected chi connectivity index (χ0v) is 12.6. The smallest absolute Gasteiger partial charge is 0.124 e. The molecule has 0 fully saturated rings. The Morgan fingerprint density at radius 2 is 2.05 bits per heavy atom. The van der Waals surface area contributed by atoms with Crippen molar-refractivity contribution >= 4 is 26.7 Å². The highest BCUT2D eigenvalue weighted by Gasteiger charge is 2.16. The van der Waals surface area contributed by atoms with Crippen molar-refractivity contribution in [2.75, 3.05) is 0 Å². The van der Waals surface area contributed by atoms with Gasteiger partial charge in [0.05, 0.1) is 6.04 Å². The summed E-state index contributed by atoms with van der Waals surface area (Å²) in [5.41, 5.74) is 4.51. The third-order valence-corrected chi connectivity index (χ3v) is 3.87. The third-order valence-electron chi connectivity index (χ3n) is 3.41. The highest BCUT2D eigenvalue weighted by atomic mass is 79.9. The van der Waals surface area contributed by atoms with Gasteiger partial charge in [-0.25, -0.2) is 9.82 Å². The number of aromatic nitrogens is 1. The van der Waals surface area contributed by atoms with Gasteiger partial charge in [0.25, 0.3) is 0 Å². The zero-order chi connectivity index (χ0) is 14.8. The summed E-state index contributed by atoms with van der Waals surface area (Å²) in [6.07, 6.45) is 3.54. The largest absolute Gasteiger partial charge is 0.271 e. The van der Waals surface area contributed by atoms with E-state index >= 15 is 0 Å². The number of rotatable bonds is 3. The van der Waals surface area contributed by atoms with Crippen LogP contribution in [0.25, 0.3) is 10.8 Å². The van der Waals surface area contributed by atoms with Crippen LogP contribution in [0.1, 0.15) is 17.2 Å². The highest BCUT2D eigenvalue weighted by Crippen LogP contribution is 2.30. The molecule has 1 atom stereocenters. The molecule has 0 amide bonds. The Labute approximate surface area is 130 Å². The van der Waals surface area contributed by atoms with Gasteiger partial charge in [-0.05, 0) is 40.8 Å². The monoisotopic (exact) mass is 345 g/mol. The molecule has 1 aromatic heterocycles. The third kappa shape index (κ3) is 2.81. The molecule has 1 unspecified atom stereocenters. The van der Waals surface area contributed by atoms with Crippen LogP contribution in [-0.4, -0.2) is 4.98 Å². The molecule has 0 aliphatic carbocycles. The predicted octanol–water partition coefficient (Wildman–Crippen LogP) is 3.69. The molecule has 0 aliphatic rings. The van der Waals surface area contributed by atoms with Crippen LogP contribution in [0.3, 0.4) is 0 Å². The van der Waals surface area contributed by atoms with Gasteiger partial charge in [-0.1, -0.05) is 34.1 Å². The minimum Gasteiger partial charge on any atom is -0.271 e.